The number of carbonyl (C=O) groups excluding carboxylic acids is 1. The van der Waals surface area contributed by atoms with Crippen LogP contribution in [0, 0.1) is 0 Å². The highest BCUT2D eigenvalue weighted by Gasteiger charge is 2.06. The van der Waals surface area contributed by atoms with Gasteiger partial charge in [0.2, 0.25) is 0 Å². The van der Waals surface area contributed by atoms with E-state index >= 15 is 0 Å². The van der Waals surface area contributed by atoms with Gasteiger partial charge in [0.15, 0.2) is 5.16 Å². The van der Waals surface area contributed by atoms with Gasteiger partial charge in [0.25, 0.3) is 0 Å². The van der Waals surface area contributed by atoms with Gasteiger partial charge < -0.3 is 5.11 Å². The van der Waals surface area contributed by atoms with E-state index in [1.807, 2.05) is 0 Å². The molecule has 0 fully saturated rings. The Morgan fingerprint density at radius 2 is 2.15 bits per heavy atom. The Balaban J connectivity index is 1.95. The van der Waals surface area contributed by atoms with Crippen LogP contribution in [0.5, 0.6) is 5.75 Å². The lowest BCUT2D eigenvalue weighted by Gasteiger charge is -2.02. The molecule has 0 radical (unpaired) electrons. The van der Waals surface area contributed by atoms with Gasteiger partial charge >= 0.3 is 5.24 Å². The predicted octanol–water partition coefficient (Wildman–Crippen LogP) is 2.87. The minimum absolute atomic E-state index is 0.104. The summed E-state index contributed by atoms with van der Waals surface area (Å²) in [6.45, 7) is 0. The average molecular weight is 421 g/mol. The maximum Gasteiger partial charge on any atom is 0.306 e. The van der Waals surface area contributed by atoms with E-state index in [0.717, 1.165) is 11.8 Å². The van der Waals surface area contributed by atoms with Crippen molar-refractivity contribution in [3.63, 3.8) is 0 Å². The quantitative estimate of drug-likeness (QED) is 0.402. The first-order valence-corrected chi connectivity index (χ1v) is 7.51. The van der Waals surface area contributed by atoms with Crippen molar-refractivity contribution in [3.05, 3.63) is 33.0 Å². The number of phenolic OH excluding ortho intramolecular Hbond substituents is 1. The van der Waals surface area contributed by atoms with Crippen LogP contribution >= 0.6 is 43.6 Å². The third kappa shape index (κ3) is 4.05. The van der Waals surface area contributed by atoms with Crippen LogP contribution in [-0.2, 0) is 0 Å². The molecule has 0 atom stereocenters. The number of nitrogens with one attached hydrogen (secondary N) is 2. The third-order valence-electron chi connectivity index (χ3n) is 1.99. The van der Waals surface area contributed by atoms with Crippen molar-refractivity contribution in [1.82, 2.24) is 20.6 Å². The number of halogens is 2. The van der Waals surface area contributed by atoms with Gasteiger partial charge in [-0.3, -0.25) is 9.89 Å². The molecule has 1 aromatic carbocycles. The van der Waals surface area contributed by atoms with Crippen molar-refractivity contribution in [2.75, 3.05) is 0 Å². The molecule has 1 heterocycles. The van der Waals surface area contributed by atoms with Gasteiger partial charge in [0, 0.05) is 11.8 Å². The number of phenols is 1. The minimum atomic E-state index is -0.394. The Labute approximate surface area is 134 Å². The van der Waals surface area contributed by atoms with E-state index in [1.165, 1.54) is 12.5 Å². The number of H-pyrrole nitrogens is 1. The first kappa shape index (κ1) is 15.0. The second-order valence-electron chi connectivity index (χ2n) is 3.38. The molecule has 0 aliphatic heterocycles. The maximum absolute atomic E-state index is 11.5. The Kier molecular flexibility index (Phi) is 5.15. The lowest BCUT2D eigenvalue weighted by Crippen LogP contribution is -2.11. The van der Waals surface area contributed by atoms with Crippen molar-refractivity contribution in [1.29, 1.82) is 0 Å². The van der Waals surface area contributed by atoms with Gasteiger partial charge in [-0.25, -0.2) is 10.4 Å². The number of aromatic amines is 1. The predicted molar refractivity (Wildman–Crippen MR) is 81.9 cm³/mol. The first-order valence-electron chi connectivity index (χ1n) is 5.10. The van der Waals surface area contributed by atoms with Crippen LogP contribution < -0.4 is 5.43 Å². The molecule has 0 aliphatic carbocycles. The van der Waals surface area contributed by atoms with Gasteiger partial charge in [0.05, 0.1) is 15.2 Å². The summed E-state index contributed by atoms with van der Waals surface area (Å²) in [5.74, 6) is 0.104. The number of thioether (sulfide) groups is 1. The summed E-state index contributed by atoms with van der Waals surface area (Å²) in [5.41, 5.74) is 3.04. The summed E-state index contributed by atoms with van der Waals surface area (Å²) < 4.78 is 1.05. The topological polar surface area (TPSA) is 103 Å². The van der Waals surface area contributed by atoms with E-state index in [0.29, 0.717) is 19.7 Å². The maximum atomic E-state index is 11.5. The third-order valence-corrected chi connectivity index (χ3v) is 3.87. The summed E-state index contributed by atoms with van der Waals surface area (Å²) >= 11 is 7.25. The van der Waals surface area contributed by atoms with E-state index in [4.69, 9.17) is 0 Å². The molecule has 10 heteroatoms. The molecular weight excluding hydrogens is 414 g/mol. The van der Waals surface area contributed by atoms with E-state index in [2.05, 4.69) is 57.6 Å². The fourth-order valence-electron chi connectivity index (χ4n) is 1.17. The van der Waals surface area contributed by atoms with Crippen LogP contribution in [0.2, 0.25) is 0 Å². The van der Waals surface area contributed by atoms with Gasteiger partial charge in [-0.2, -0.15) is 10.2 Å². The molecule has 1 aromatic heterocycles. The Hall–Kier alpha value is -1.39. The minimum Gasteiger partial charge on any atom is -0.506 e. The van der Waals surface area contributed by atoms with Gasteiger partial charge in [-0.15, -0.1) is 0 Å². The summed E-state index contributed by atoms with van der Waals surface area (Å²) in [6, 6.07) is 3.33. The van der Waals surface area contributed by atoms with Crippen LogP contribution in [0.25, 0.3) is 0 Å². The molecule has 2 rings (SSSR count). The summed E-state index contributed by atoms with van der Waals surface area (Å²) in [6.07, 6.45) is 2.76. The zero-order valence-electron chi connectivity index (χ0n) is 9.67. The molecular formula is C10H7Br2N5O2S. The SMILES string of the molecule is O=C(N/N=C\c1cc(Br)c(O)c(Br)c1)Sc1ncn[nH]1. The van der Waals surface area contributed by atoms with Gasteiger partial charge in [-0.05, 0) is 49.6 Å². The van der Waals surface area contributed by atoms with E-state index in [9.17, 15) is 9.90 Å². The smallest absolute Gasteiger partial charge is 0.306 e. The number of hydrazone groups is 1. The number of hydrogen-bond acceptors (Lipinski definition) is 6. The molecule has 104 valence electrons. The molecule has 0 aliphatic rings. The van der Waals surface area contributed by atoms with E-state index in [1.54, 1.807) is 12.1 Å². The van der Waals surface area contributed by atoms with Crippen molar-refractivity contribution in [2.45, 2.75) is 5.16 Å². The number of amides is 1. The molecule has 0 unspecified atom stereocenters. The Morgan fingerprint density at radius 3 is 2.75 bits per heavy atom. The van der Waals surface area contributed by atoms with Crippen molar-refractivity contribution >= 4 is 55.1 Å². The van der Waals surface area contributed by atoms with Crippen LogP contribution in [0.4, 0.5) is 4.79 Å². The van der Waals surface area contributed by atoms with Crippen LogP contribution in [0.15, 0.2) is 37.7 Å². The van der Waals surface area contributed by atoms with Gasteiger partial charge in [0.1, 0.15) is 12.1 Å². The molecule has 7 nitrogen and oxygen atoms in total. The summed E-state index contributed by atoms with van der Waals surface area (Å²) in [7, 11) is 0. The standard InChI is InChI=1S/C10H7Br2N5O2S/c11-6-1-5(2-7(12)8(6)18)3-14-17-10(19)20-9-13-4-15-16-9/h1-4,18H,(H,17,19)(H,13,15,16)/b14-3-. The number of aromatic nitrogens is 3. The number of hydrogen-bond donors (Lipinski definition) is 3. The van der Waals surface area contributed by atoms with Crippen LogP contribution in [0.3, 0.4) is 0 Å². The van der Waals surface area contributed by atoms with Crippen molar-refractivity contribution in [3.8, 4) is 5.75 Å². The molecule has 0 saturated heterocycles. The highest BCUT2D eigenvalue weighted by atomic mass is 79.9. The number of aromatic hydroxyl groups is 1. The molecule has 3 N–H and O–H groups in total. The molecule has 0 spiro atoms. The second-order valence-corrected chi connectivity index (χ2v) is 6.05. The average Bonchev–Trinajstić information content (AvgIpc) is 2.88. The zero-order chi connectivity index (χ0) is 14.5. The number of carbonyl (C=O) groups is 1. The lowest BCUT2D eigenvalue weighted by molar-refractivity contribution is 0.261. The first-order chi connectivity index (χ1) is 9.56. The monoisotopic (exact) mass is 419 g/mol. The number of rotatable bonds is 3. The Morgan fingerprint density at radius 1 is 1.45 bits per heavy atom. The van der Waals surface area contributed by atoms with Crippen molar-refractivity contribution in [2.24, 2.45) is 5.10 Å². The lowest BCUT2D eigenvalue weighted by atomic mass is 10.2. The highest BCUT2D eigenvalue weighted by molar-refractivity contribution is 9.11. The van der Waals surface area contributed by atoms with E-state index in [-0.39, 0.29) is 5.75 Å². The normalized spacial score (nSPS) is 10.9. The summed E-state index contributed by atoms with van der Waals surface area (Å²) in [5, 5.41) is 19.5. The second kappa shape index (κ2) is 6.86. The largest absolute Gasteiger partial charge is 0.506 e. The molecule has 0 saturated carbocycles. The molecule has 0 bridgehead atoms. The van der Waals surface area contributed by atoms with Crippen molar-refractivity contribution < 1.29 is 9.90 Å². The Bertz CT molecular complexity index is 624. The molecule has 1 amide bonds. The number of benzene rings is 1. The molecule has 2 aromatic rings. The zero-order valence-corrected chi connectivity index (χ0v) is 13.7. The van der Waals surface area contributed by atoms with Gasteiger partial charge in [-0.1, -0.05) is 0 Å². The fourth-order valence-corrected chi connectivity index (χ4v) is 2.87. The fraction of sp³-hybridized carbons (Fsp3) is 0. The summed E-state index contributed by atoms with van der Waals surface area (Å²) in [4.78, 5) is 15.3. The number of nitrogens with zero attached hydrogens (tertiary/aromatic N) is 3. The van der Waals surface area contributed by atoms with E-state index < -0.39 is 5.24 Å². The van der Waals surface area contributed by atoms with Crippen LogP contribution in [-0.4, -0.2) is 31.7 Å². The highest BCUT2D eigenvalue weighted by Crippen LogP contribution is 2.32. The van der Waals surface area contributed by atoms with Crippen LogP contribution in [0.1, 0.15) is 5.56 Å². The molecule has 20 heavy (non-hydrogen) atoms.